The largest absolute Gasteiger partial charge is 0.293 e. The predicted octanol–water partition coefficient (Wildman–Crippen LogP) is 6.55. The first-order valence-corrected chi connectivity index (χ1v) is 9.54. The molecule has 3 aromatic carbocycles. The lowest BCUT2D eigenvalue weighted by Crippen LogP contribution is -2.19. The van der Waals surface area contributed by atoms with Gasteiger partial charge in [-0.2, -0.15) is 0 Å². The fourth-order valence-electron chi connectivity index (χ4n) is 4.45. The molecule has 1 unspecified atom stereocenters. The molecule has 138 valence electrons. The molecule has 27 heavy (non-hydrogen) atoms. The third-order valence-corrected chi connectivity index (χ3v) is 5.35. The van der Waals surface area contributed by atoms with E-state index in [1.54, 1.807) is 0 Å². The van der Waals surface area contributed by atoms with Crippen molar-refractivity contribution < 1.29 is 4.79 Å². The first kappa shape index (κ1) is 19.1. The second-order valence-electron chi connectivity index (χ2n) is 7.79. The van der Waals surface area contributed by atoms with E-state index in [-0.39, 0.29) is 11.7 Å². The standard InChI is InChI=1S/C26H28O/c1-16-12-18(3)23(19(4)13-16)25(22-10-8-7-9-11-22)26(27)24-20(5)14-17(2)15-21(24)6/h7-15,25H,1-6H3. The van der Waals surface area contributed by atoms with E-state index in [1.807, 2.05) is 32.0 Å². The number of benzene rings is 3. The zero-order valence-corrected chi connectivity index (χ0v) is 17.2. The van der Waals surface area contributed by atoms with Crippen LogP contribution in [0, 0.1) is 41.5 Å². The van der Waals surface area contributed by atoms with E-state index in [0.717, 1.165) is 27.8 Å². The molecule has 0 heterocycles. The van der Waals surface area contributed by atoms with Crippen molar-refractivity contribution in [3.8, 4) is 0 Å². The fraction of sp³-hybridized carbons (Fsp3) is 0.269. The summed E-state index contributed by atoms with van der Waals surface area (Å²) in [6, 6.07) is 18.8. The summed E-state index contributed by atoms with van der Waals surface area (Å²) < 4.78 is 0. The van der Waals surface area contributed by atoms with Crippen molar-refractivity contribution in [2.24, 2.45) is 0 Å². The summed E-state index contributed by atoms with van der Waals surface area (Å²) in [6.45, 7) is 12.5. The van der Waals surface area contributed by atoms with Crippen LogP contribution in [0.3, 0.4) is 0 Å². The summed E-state index contributed by atoms with van der Waals surface area (Å²) in [6.07, 6.45) is 0. The minimum atomic E-state index is -0.285. The highest BCUT2D eigenvalue weighted by Crippen LogP contribution is 2.35. The maximum atomic E-state index is 13.9. The van der Waals surface area contributed by atoms with Crippen molar-refractivity contribution in [2.75, 3.05) is 0 Å². The molecule has 0 radical (unpaired) electrons. The van der Waals surface area contributed by atoms with Gasteiger partial charge in [0.25, 0.3) is 0 Å². The average molecular weight is 357 g/mol. The van der Waals surface area contributed by atoms with Crippen LogP contribution in [0.25, 0.3) is 0 Å². The van der Waals surface area contributed by atoms with E-state index < -0.39 is 0 Å². The van der Waals surface area contributed by atoms with E-state index in [4.69, 9.17) is 0 Å². The molecule has 0 saturated heterocycles. The Kier molecular flexibility index (Phi) is 5.32. The molecule has 0 aromatic heterocycles. The molecular weight excluding hydrogens is 328 g/mol. The van der Waals surface area contributed by atoms with Gasteiger partial charge in [-0.25, -0.2) is 0 Å². The predicted molar refractivity (Wildman–Crippen MR) is 114 cm³/mol. The normalized spacial score (nSPS) is 12.1. The smallest absolute Gasteiger partial charge is 0.175 e. The Bertz CT molecular complexity index is 950. The van der Waals surface area contributed by atoms with Crippen molar-refractivity contribution in [1.82, 2.24) is 0 Å². The van der Waals surface area contributed by atoms with Gasteiger partial charge in [0.05, 0.1) is 5.92 Å². The van der Waals surface area contributed by atoms with Gasteiger partial charge in [-0.15, -0.1) is 0 Å². The van der Waals surface area contributed by atoms with Gasteiger partial charge in [-0.05, 0) is 74.9 Å². The lowest BCUT2D eigenvalue weighted by atomic mass is 9.78. The molecule has 0 N–H and O–H groups in total. The molecular formula is C26H28O. The Balaban J connectivity index is 2.26. The number of ketones is 1. The Morgan fingerprint density at radius 2 is 1.11 bits per heavy atom. The van der Waals surface area contributed by atoms with Crippen molar-refractivity contribution >= 4 is 5.78 Å². The van der Waals surface area contributed by atoms with Gasteiger partial charge in [0.15, 0.2) is 5.78 Å². The van der Waals surface area contributed by atoms with Crippen molar-refractivity contribution in [3.05, 3.63) is 105 Å². The Hall–Kier alpha value is -2.67. The van der Waals surface area contributed by atoms with Crippen LogP contribution in [0.15, 0.2) is 54.6 Å². The van der Waals surface area contributed by atoms with Gasteiger partial charge in [0, 0.05) is 5.56 Å². The molecule has 1 heteroatoms. The Morgan fingerprint density at radius 1 is 0.667 bits per heavy atom. The molecule has 1 nitrogen and oxygen atoms in total. The summed E-state index contributed by atoms with van der Waals surface area (Å²) in [4.78, 5) is 13.9. The van der Waals surface area contributed by atoms with Crippen LogP contribution < -0.4 is 0 Å². The number of carbonyl (C=O) groups is 1. The molecule has 0 aliphatic rings. The number of rotatable bonds is 4. The topological polar surface area (TPSA) is 17.1 Å². The molecule has 0 bridgehead atoms. The van der Waals surface area contributed by atoms with Gasteiger partial charge in [-0.3, -0.25) is 4.79 Å². The lowest BCUT2D eigenvalue weighted by molar-refractivity contribution is 0.0972. The van der Waals surface area contributed by atoms with E-state index in [9.17, 15) is 4.79 Å². The van der Waals surface area contributed by atoms with Crippen molar-refractivity contribution in [3.63, 3.8) is 0 Å². The minimum Gasteiger partial charge on any atom is -0.293 e. The van der Waals surface area contributed by atoms with Gasteiger partial charge >= 0.3 is 0 Å². The Morgan fingerprint density at radius 3 is 1.59 bits per heavy atom. The highest BCUT2D eigenvalue weighted by Gasteiger charge is 2.29. The third kappa shape index (κ3) is 3.73. The lowest BCUT2D eigenvalue weighted by Gasteiger charge is -2.24. The zero-order valence-electron chi connectivity index (χ0n) is 17.2. The third-order valence-electron chi connectivity index (χ3n) is 5.35. The van der Waals surface area contributed by atoms with Gasteiger partial charge < -0.3 is 0 Å². The summed E-state index contributed by atoms with van der Waals surface area (Å²) in [5, 5.41) is 0. The monoisotopic (exact) mass is 356 g/mol. The molecule has 0 saturated carbocycles. The summed E-state index contributed by atoms with van der Waals surface area (Å²) in [5.74, 6) is -0.0989. The highest BCUT2D eigenvalue weighted by atomic mass is 16.1. The summed E-state index contributed by atoms with van der Waals surface area (Å²) in [7, 11) is 0. The number of Topliss-reactive ketones (excluding diaryl/α,β-unsaturated/α-hetero) is 1. The van der Waals surface area contributed by atoms with Crippen LogP contribution in [0.1, 0.15) is 60.8 Å². The zero-order chi connectivity index (χ0) is 19.7. The summed E-state index contributed by atoms with van der Waals surface area (Å²) >= 11 is 0. The second kappa shape index (κ2) is 7.52. The highest BCUT2D eigenvalue weighted by molar-refractivity contribution is 6.05. The van der Waals surface area contributed by atoms with Crippen LogP contribution in [-0.2, 0) is 0 Å². The van der Waals surface area contributed by atoms with Crippen molar-refractivity contribution in [1.29, 1.82) is 0 Å². The van der Waals surface area contributed by atoms with Gasteiger partial charge in [0.2, 0.25) is 0 Å². The minimum absolute atomic E-state index is 0.186. The van der Waals surface area contributed by atoms with Crippen LogP contribution in [0.5, 0.6) is 0 Å². The molecule has 0 spiro atoms. The van der Waals surface area contributed by atoms with Crippen LogP contribution in [0.4, 0.5) is 0 Å². The van der Waals surface area contributed by atoms with E-state index in [1.165, 1.54) is 22.3 Å². The molecule has 0 aliphatic carbocycles. The van der Waals surface area contributed by atoms with Crippen LogP contribution in [0.2, 0.25) is 0 Å². The molecule has 0 amide bonds. The molecule has 1 atom stereocenters. The molecule has 0 fully saturated rings. The quantitative estimate of drug-likeness (QED) is 0.484. The number of carbonyl (C=O) groups excluding carboxylic acids is 1. The number of hydrogen-bond acceptors (Lipinski definition) is 1. The average Bonchev–Trinajstić information content (AvgIpc) is 2.57. The van der Waals surface area contributed by atoms with Crippen molar-refractivity contribution in [2.45, 2.75) is 47.5 Å². The number of aryl methyl sites for hydroxylation is 6. The van der Waals surface area contributed by atoms with E-state index in [2.05, 4.69) is 64.1 Å². The van der Waals surface area contributed by atoms with Gasteiger partial charge in [-0.1, -0.05) is 65.7 Å². The Labute approximate surface area is 163 Å². The van der Waals surface area contributed by atoms with Crippen LogP contribution >= 0.6 is 0 Å². The summed E-state index contributed by atoms with van der Waals surface area (Å²) in [5.41, 5.74) is 9.94. The molecule has 0 aliphatic heterocycles. The first-order valence-electron chi connectivity index (χ1n) is 9.54. The fourth-order valence-corrected chi connectivity index (χ4v) is 4.45. The van der Waals surface area contributed by atoms with Gasteiger partial charge in [0.1, 0.15) is 0 Å². The molecule has 3 rings (SSSR count). The van der Waals surface area contributed by atoms with E-state index >= 15 is 0 Å². The number of hydrogen-bond donors (Lipinski definition) is 0. The first-order chi connectivity index (χ1) is 12.8. The maximum absolute atomic E-state index is 13.9. The molecule has 3 aromatic rings. The SMILES string of the molecule is Cc1cc(C)c(C(=O)C(c2ccccc2)c2c(C)cc(C)cc2C)c(C)c1. The maximum Gasteiger partial charge on any atom is 0.175 e. The van der Waals surface area contributed by atoms with Crippen LogP contribution in [-0.4, -0.2) is 5.78 Å². The van der Waals surface area contributed by atoms with E-state index in [0.29, 0.717) is 0 Å². The second-order valence-corrected chi connectivity index (χ2v) is 7.79.